The van der Waals surface area contributed by atoms with Gasteiger partial charge in [0, 0.05) is 18.7 Å². The third-order valence-corrected chi connectivity index (χ3v) is 4.96. The van der Waals surface area contributed by atoms with Crippen molar-refractivity contribution in [1.29, 1.82) is 0 Å². The first-order valence-electron chi connectivity index (χ1n) is 8.73. The lowest BCUT2D eigenvalue weighted by atomic mass is 10.0. The largest absolute Gasteiger partial charge is 0.369 e. The van der Waals surface area contributed by atoms with Gasteiger partial charge in [-0.3, -0.25) is 4.79 Å². The molecular weight excluding hydrogens is 407 g/mol. The van der Waals surface area contributed by atoms with Crippen LogP contribution < -0.4 is 10.2 Å². The van der Waals surface area contributed by atoms with Gasteiger partial charge in [-0.2, -0.15) is 0 Å². The fraction of sp³-hybridized carbons (Fsp3) is 0.350. The summed E-state index contributed by atoms with van der Waals surface area (Å²) >= 11 is 0. The third kappa shape index (κ3) is 5.34. The monoisotopic (exact) mass is 431 g/mol. The summed E-state index contributed by atoms with van der Waals surface area (Å²) in [6.45, 7) is 1.88. The summed E-state index contributed by atoms with van der Waals surface area (Å²) in [5.74, 6) is -2.06. The molecule has 1 heterocycles. The van der Waals surface area contributed by atoms with E-state index in [9.17, 15) is 13.6 Å². The number of carbonyl (C=O) groups is 1. The Hall–Kier alpha value is -1.89. The van der Waals surface area contributed by atoms with Crippen molar-refractivity contribution in [3.05, 3.63) is 59.7 Å². The Morgan fingerprint density at radius 2 is 1.68 bits per heavy atom. The van der Waals surface area contributed by atoms with Crippen LogP contribution in [0.1, 0.15) is 23.2 Å². The van der Waals surface area contributed by atoms with E-state index in [1.54, 1.807) is 30.3 Å². The molecule has 0 spiro atoms. The Balaban J connectivity index is 0.00000196. The van der Waals surface area contributed by atoms with Crippen LogP contribution in [-0.2, 0) is 0 Å². The van der Waals surface area contributed by atoms with Gasteiger partial charge in [-0.25, -0.2) is 8.78 Å². The normalized spacial score (nSPS) is 14.6. The molecule has 0 unspecified atom stereocenters. The van der Waals surface area contributed by atoms with Crippen LogP contribution in [0.2, 0.25) is 0 Å². The second-order valence-corrected chi connectivity index (χ2v) is 6.72. The maximum Gasteiger partial charge on any atom is 0.255 e. The van der Waals surface area contributed by atoms with Crippen molar-refractivity contribution in [2.24, 2.45) is 0 Å². The predicted molar refractivity (Wildman–Crippen MR) is 114 cm³/mol. The number of piperidine rings is 1. The summed E-state index contributed by atoms with van der Waals surface area (Å²) in [5, 5.41) is 2.38. The van der Waals surface area contributed by atoms with Crippen LogP contribution in [0.3, 0.4) is 0 Å². The van der Waals surface area contributed by atoms with Gasteiger partial charge in [-0.1, -0.05) is 18.2 Å². The summed E-state index contributed by atoms with van der Waals surface area (Å²) in [5.41, 5.74) is 0.237. The van der Waals surface area contributed by atoms with Crippen molar-refractivity contribution in [2.75, 3.05) is 37.4 Å². The van der Waals surface area contributed by atoms with Crippen molar-refractivity contribution in [3.8, 4) is 0 Å². The highest BCUT2D eigenvalue weighted by Crippen LogP contribution is 2.31. The molecule has 1 N–H and O–H groups in total. The Kier molecular flexibility index (Phi) is 9.14. The molecule has 0 bridgehead atoms. The highest BCUT2D eigenvalue weighted by atomic mass is 35.5. The van der Waals surface area contributed by atoms with Crippen molar-refractivity contribution >= 4 is 42.1 Å². The molecule has 0 saturated carbocycles. The molecule has 2 aromatic rings. The van der Waals surface area contributed by atoms with E-state index in [0.717, 1.165) is 25.9 Å². The molecule has 0 aliphatic carbocycles. The van der Waals surface area contributed by atoms with Gasteiger partial charge in [0.1, 0.15) is 11.5 Å². The van der Waals surface area contributed by atoms with E-state index in [2.05, 4.69) is 17.3 Å². The van der Waals surface area contributed by atoms with E-state index in [4.69, 9.17) is 0 Å². The van der Waals surface area contributed by atoms with E-state index >= 15 is 0 Å². The summed E-state index contributed by atoms with van der Waals surface area (Å²) in [4.78, 5) is 16.4. The molecule has 28 heavy (non-hydrogen) atoms. The van der Waals surface area contributed by atoms with Crippen LogP contribution in [0.25, 0.3) is 0 Å². The van der Waals surface area contributed by atoms with E-state index in [-0.39, 0.29) is 30.9 Å². The van der Waals surface area contributed by atoms with Crippen molar-refractivity contribution < 1.29 is 13.6 Å². The maximum absolute atomic E-state index is 15.0. The number of amides is 1. The molecule has 1 aliphatic heterocycles. The van der Waals surface area contributed by atoms with Crippen molar-refractivity contribution in [1.82, 2.24) is 4.90 Å². The minimum absolute atomic E-state index is 0. The lowest BCUT2D eigenvalue weighted by Gasteiger charge is -2.36. The van der Waals surface area contributed by atoms with Gasteiger partial charge in [0.05, 0.1) is 5.69 Å². The van der Waals surface area contributed by atoms with E-state index in [1.165, 1.54) is 12.1 Å². The van der Waals surface area contributed by atoms with Gasteiger partial charge in [-0.15, -0.1) is 24.8 Å². The van der Waals surface area contributed by atoms with E-state index in [0.29, 0.717) is 11.3 Å². The number of rotatable bonds is 4. The zero-order chi connectivity index (χ0) is 18.7. The van der Waals surface area contributed by atoms with Crippen LogP contribution in [-0.4, -0.2) is 44.0 Å². The SMILES string of the molecule is CN1CCC(N(C)c2ccc(F)c(NC(=O)c3ccccc3)c2F)CC1.Cl.Cl. The number of hydrogen-bond acceptors (Lipinski definition) is 3. The number of benzene rings is 2. The van der Waals surface area contributed by atoms with Gasteiger partial charge in [0.2, 0.25) is 0 Å². The van der Waals surface area contributed by atoms with Crippen LogP contribution in [0.4, 0.5) is 20.2 Å². The van der Waals surface area contributed by atoms with Crippen molar-refractivity contribution in [2.45, 2.75) is 18.9 Å². The van der Waals surface area contributed by atoms with Crippen LogP contribution in [0, 0.1) is 11.6 Å². The molecule has 1 aliphatic rings. The minimum Gasteiger partial charge on any atom is -0.369 e. The molecular formula is C20H25Cl2F2N3O. The van der Waals surface area contributed by atoms with Crippen molar-refractivity contribution in [3.63, 3.8) is 0 Å². The van der Waals surface area contributed by atoms with Crippen LogP contribution in [0.5, 0.6) is 0 Å². The Morgan fingerprint density at radius 3 is 2.29 bits per heavy atom. The fourth-order valence-electron chi connectivity index (χ4n) is 3.28. The maximum atomic E-state index is 15.0. The number of anilines is 2. The third-order valence-electron chi connectivity index (χ3n) is 4.96. The van der Waals surface area contributed by atoms with Gasteiger partial charge in [-0.05, 0) is 57.2 Å². The average Bonchev–Trinajstić information content (AvgIpc) is 2.66. The molecule has 4 nitrogen and oxygen atoms in total. The zero-order valence-corrected chi connectivity index (χ0v) is 17.5. The first-order valence-corrected chi connectivity index (χ1v) is 8.73. The van der Waals surface area contributed by atoms with Gasteiger partial charge < -0.3 is 15.1 Å². The lowest BCUT2D eigenvalue weighted by Crippen LogP contribution is -2.42. The number of likely N-dealkylation sites (tertiary alicyclic amines) is 1. The first kappa shape index (κ1) is 24.1. The van der Waals surface area contributed by atoms with E-state index in [1.807, 2.05) is 11.9 Å². The summed E-state index contributed by atoms with van der Waals surface area (Å²) in [6.07, 6.45) is 1.82. The minimum atomic E-state index is -0.785. The van der Waals surface area contributed by atoms with E-state index < -0.39 is 23.2 Å². The smallest absolute Gasteiger partial charge is 0.255 e. The Labute approximate surface area is 176 Å². The standard InChI is InChI=1S/C20H23F2N3O.2ClH/c1-24-12-10-15(11-13-24)25(2)17-9-8-16(21)19(18(17)22)23-20(26)14-6-4-3-5-7-14;;/h3-9,15H,10-13H2,1-2H3,(H,23,26);2*1H. The summed E-state index contributed by atoms with van der Waals surface area (Å²) in [6, 6.07) is 11.2. The second kappa shape index (κ2) is 10.6. The van der Waals surface area contributed by atoms with Gasteiger partial charge in [0.25, 0.3) is 5.91 Å². The number of hydrogen-bond donors (Lipinski definition) is 1. The molecule has 1 amide bonds. The quantitative estimate of drug-likeness (QED) is 0.768. The number of nitrogens with zero attached hydrogens (tertiary/aromatic N) is 2. The Bertz CT molecular complexity index is 785. The van der Waals surface area contributed by atoms with Crippen LogP contribution >= 0.6 is 24.8 Å². The molecule has 1 fully saturated rings. The highest BCUT2D eigenvalue weighted by Gasteiger charge is 2.25. The molecule has 1 saturated heterocycles. The zero-order valence-electron chi connectivity index (χ0n) is 15.8. The topological polar surface area (TPSA) is 35.6 Å². The molecule has 0 radical (unpaired) electrons. The first-order chi connectivity index (χ1) is 12.5. The molecule has 8 heteroatoms. The molecule has 2 aromatic carbocycles. The summed E-state index contributed by atoms with van der Waals surface area (Å²) < 4.78 is 29.2. The fourth-order valence-corrected chi connectivity index (χ4v) is 3.28. The second-order valence-electron chi connectivity index (χ2n) is 6.72. The predicted octanol–water partition coefficient (Wildman–Crippen LogP) is 4.59. The molecule has 0 atom stereocenters. The van der Waals surface area contributed by atoms with Gasteiger partial charge >= 0.3 is 0 Å². The number of halogens is 4. The molecule has 154 valence electrons. The summed E-state index contributed by atoms with van der Waals surface area (Å²) in [7, 11) is 3.88. The Morgan fingerprint density at radius 1 is 1.07 bits per heavy atom. The lowest BCUT2D eigenvalue weighted by molar-refractivity contribution is 0.102. The molecule has 0 aromatic heterocycles. The average molecular weight is 432 g/mol. The number of nitrogens with one attached hydrogen (secondary N) is 1. The van der Waals surface area contributed by atoms with Crippen LogP contribution in [0.15, 0.2) is 42.5 Å². The number of carbonyl (C=O) groups excluding carboxylic acids is 1. The highest BCUT2D eigenvalue weighted by molar-refractivity contribution is 6.04. The van der Waals surface area contributed by atoms with Gasteiger partial charge in [0.15, 0.2) is 5.82 Å². The molecule has 3 rings (SSSR count).